The molecule has 148 valence electrons. The lowest BCUT2D eigenvalue weighted by Gasteiger charge is -2.11. The molecule has 0 saturated carbocycles. The molecule has 3 aromatic heterocycles. The highest BCUT2D eigenvalue weighted by Gasteiger charge is 2.15. The Balaban J connectivity index is 1.50. The zero-order chi connectivity index (χ0) is 20.7. The second kappa shape index (κ2) is 7.14. The minimum atomic E-state index is 0.655. The number of nitrogens with one attached hydrogen (secondary N) is 1. The van der Waals surface area contributed by atoms with Crippen molar-refractivity contribution < 1.29 is 0 Å². The summed E-state index contributed by atoms with van der Waals surface area (Å²) in [5, 5.41) is 22.8. The van der Waals surface area contributed by atoms with E-state index in [0.717, 1.165) is 51.5 Å². The summed E-state index contributed by atoms with van der Waals surface area (Å²) in [7, 11) is 0. The molecule has 0 saturated heterocycles. The Hall–Kier alpha value is -3.94. The molecule has 0 radical (unpaired) electrons. The number of hydrogen-bond donors (Lipinski definition) is 1. The van der Waals surface area contributed by atoms with Gasteiger partial charge in [0.1, 0.15) is 11.3 Å². The van der Waals surface area contributed by atoms with Gasteiger partial charge in [-0.1, -0.05) is 48.5 Å². The Morgan fingerprint density at radius 3 is 2.30 bits per heavy atom. The minimum absolute atomic E-state index is 0.655. The Bertz CT molecular complexity index is 1330. The third-order valence-electron chi connectivity index (χ3n) is 5.33. The van der Waals surface area contributed by atoms with Crippen LogP contribution in [0.5, 0.6) is 0 Å². The molecule has 0 aliphatic rings. The summed E-state index contributed by atoms with van der Waals surface area (Å²) in [6.45, 7) is 6.67. The van der Waals surface area contributed by atoms with E-state index in [1.807, 2.05) is 39.0 Å². The Labute approximate surface area is 173 Å². The number of hydrogen-bond acceptors (Lipinski definition) is 6. The van der Waals surface area contributed by atoms with Crippen LogP contribution in [-0.4, -0.2) is 40.4 Å². The predicted molar refractivity (Wildman–Crippen MR) is 114 cm³/mol. The van der Waals surface area contributed by atoms with Crippen LogP contribution in [0.4, 0.5) is 0 Å². The third kappa shape index (κ3) is 3.02. The molecule has 3 heterocycles. The number of benzene rings is 2. The number of aromatic amines is 1. The van der Waals surface area contributed by atoms with Crippen molar-refractivity contribution in [1.82, 2.24) is 40.4 Å². The van der Waals surface area contributed by atoms with E-state index in [4.69, 9.17) is 4.98 Å². The van der Waals surface area contributed by atoms with Crippen LogP contribution in [0.1, 0.15) is 22.8 Å². The number of fused-ring (bicyclic) bond motifs is 1. The zero-order valence-electron chi connectivity index (χ0n) is 17.0. The van der Waals surface area contributed by atoms with Crippen molar-refractivity contribution in [3.63, 3.8) is 0 Å². The number of nitrogens with zero attached hydrogens (tertiary/aromatic N) is 7. The van der Waals surface area contributed by atoms with Crippen molar-refractivity contribution in [3.05, 3.63) is 71.3 Å². The van der Waals surface area contributed by atoms with E-state index in [1.54, 1.807) is 0 Å². The van der Waals surface area contributed by atoms with Gasteiger partial charge in [0, 0.05) is 12.1 Å². The first kappa shape index (κ1) is 18.1. The van der Waals surface area contributed by atoms with Crippen LogP contribution in [0, 0.1) is 20.8 Å². The average Bonchev–Trinajstić information content (AvgIpc) is 3.41. The molecule has 8 nitrogen and oxygen atoms in total. The Morgan fingerprint density at radius 1 is 0.833 bits per heavy atom. The summed E-state index contributed by atoms with van der Waals surface area (Å²) in [6.07, 6.45) is 0. The molecule has 0 amide bonds. The molecule has 0 bridgehead atoms. The van der Waals surface area contributed by atoms with Crippen LogP contribution in [0.2, 0.25) is 0 Å². The third-order valence-corrected chi connectivity index (χ3v) is 5.33. The minimum Gasteiger partial charge on any atom is -0.322 e. The highest BCUT2D eigenvalue weighted by Crippen LogP contribution is 2.30. The molecule has 0 atom stereocenters. The van der Waals surface area contributed by atoms with Crippen molar-refractivity contribution in [2.24, 2.45) is 0 Å². The van der Waals surface area contributed by atoms with Gasteiger partial charge in [-0.25, -0.2) is 10.1 Å². The summed E-state index contributed by atoms with van der Waals surface area (Å²) < 4.78 is 2.20. The first-order valence-corrected chi connectivity index (χ1v) is 9.71. The molecule has 5 rings (SSSR count). The molecule has 0 spiro atoms. The van der Waals surface area contributed by atoms with Gasteiger partial charge in [-0.15, -0.1) is 5.10 Å². The van der Waals surface area contributed by atoms with Gasteiger partial charge in [0.15, 0.2) is 5.82 Å². The van der Waals surface area contributed by atoms with Gasteiger partial charge in [-0.2, -0.15) is 10.2 Å². The van der Waals surface area contributed by atoms with E-state index in [-0.39, 0.29) is 0 Å². The second-order valence-electron chi connectivity index (χ2n) is 7.31. The van der Waals surface area contributed by atoms with Crippen LogP contribution in [-0.2, 0) is 6.54 Å². The number of aryl methyl sites for hydroxylation is 3. The number of rotatable bonds is 4. The quantitative estimate of drug-likeness (QED) is 0.498. The molecule has 0 fully saturated rings. The summed E-state index contributed by atoms with van der Waals surface area (Å²) in [4.78, 5) is 4.71. The molecule has 0 aliphatic heterocycles. The number of imidazole rings is 1. The van der Waals surface area contributed by atoms with Gasteiger partial charge in [-0.05, 0) is 47.9 Å². The first-order valence-electron chi connectivity index (χ1n) is 9.71. The Morgan fingerprint density at radius 2 is 1.57 bits per heavy atom. The molecule has 5 aromatic rings. The molecule has 0 unspecified atom stereocenters. The number of H-pyrrole nitrogens is 1. The van der Waals surface area contributed by atoms with E-state index in [1.165, 1.54) is 5.56 Å². The van der Waals surface area contributed by atoms with E-state index in [0.29, 0.717) is 5.82 Å². The maximum atomic E-state index is 4.71. The van der Waals surface area contributed by atoms with Crippen molar-refractivity contribution in [1.29, 1.82) is 0 Å². The predicted octanol–water partition coefficient (Wildman–Crippen LogP) is 3.65. The normalized spacial score (nSPS) is 11.3. The van der Waals surface area contributed by atoms with Crippen LogP contribution < -0.4 is 0 Å². The Kier molecular flexibility index (Phi) is 4.31. The molecule has 1 N–H and O–H groups in total. The lowest BCUT2D eigenvalue weighted by atomic mass is 9.98. The highest BCUT2D eigenvalue weighted by atomic mass is 15.5. The molecular weight excluding hydrogens is 376 g/mol. The maximum absolute atomic E-state index is 4.71. The molecular formula is C22H20N8. The van der Waals surface area contributed by atoms with Gasteiger partial charge in [0.2, 0.25) is 0 Å². The van der Waals surface area contributed by atoms with Gasteiger partial charge < -0.3 is 4.57 Å². The van der Waals surface area contributed by atoms with Gasteiger partial charge in [-0.3, -0.25) is 0 Å². The van der Waals surface area contributed by atoms with Gasteiger partial charge in [0.25, 0.3) is 0 Å². The van der Waals surface area contributed by atoms with Crippen LogP contribution in [0.15, 0.2) is 48.5 Å². The molecule has 8 heteroatoms. The topological polar surface area (TPSA) is 98.1 Å². The standard InChI is InChI=1S/C22H20N8/c1-13-20-21(14(2)25-24-13)30(15(3)23-20)12-16-8-10-17(11-9-16)18-6-4-5-7-19(18)22-26-28-29-27-22/h4-11H,12H2,1-3H3,(H,26,27,28,29). The zero-order valence-corrected chi connectivity index (χ0v) is 17.0. The van der Waals surface area contributed by atoms with E-state index >= 15 is 0 Å². The van der Waals surface area contributed by atoms with Crippen molar-refractivity contribution >= 4 is 11.0 Å². The van der Waals surface area contributed by atoms with Crippen molar-refractivity contribution in [3.8, 4) is 22.5 Å². The van der Waals surface area contributed by atoms with Gasteiger partial charge in [0.05, 0.1) is 16.9 Å². The van der Waals surface area contributed by atoms with Crippen LogP contribution in [0.3, 0.4) is 0 Å². The fourth-order valence-electron chi connectivity index (χ4n) is 3.81. The fourth-order valence-corrected chi connectivity index (χ4v) is 3.81. The van der Waals surface area contributed by atoms with Crippen LogP contribution in [0.25, 0.3) is 33.5 Å². The fraction of sp³-hybridized carbons (Fsp3) is 0.182. The van der Waals surface area contributed by atoms with E-state index < -0.39 is 0 Å². The van der Waals surface area contributed by atoms with Crippen LogP contribution >= 0.6 is 0 Å². The average molecular weight is 396 g/mol. The lowest BCUT2D eigenvalue weighted by Crippen LogP contribution is -2.04. The molecule has 30 heavy (non-hydrogen) atoms. The molecule has 2 aromatic carbocycles. The van der Waals surface area contributed by atoms with E-state index in [9.17, 15) is 0 Å². The highest BCUT2D eigenvalue weighted by molar-refractivity contribution is 5.81. The molecule has 0 aliphatic carbocycles. The first-order chi connectivity index (χ1) is 14.6. The van der Waals surface area contributed by atoms with E-state index in [2.05, 4.69) is 65.7 Å². The summed E-state index contributed by atoms with van der Waals surface area (Å²) >= 11 is 0. The summed E-state index contributed by atoms with van der Waals surface area (Å²) in [6, 6.07) is 16.6. The smallest absolute Gasteiger partial charge is 0.180 e. The largest absolute Gasteiger partial charge is 0.322 e. The second-order valence-corrected chi connectivity index (χ2v) is 7.31. The summed E-state index contributed by atoms with van der Waals surface area (Å²) in [5.74, 6) is 1.61. The number of aromatic nitrogens is 8. The maximum Gasteiger partial charge on any atom is 0.180 e. The number of tetrazole rings is 1. The monoisotopic (exact) mass is 396 g/mol. The SMILES string of the molecule is Cc1nnc(C)c2c1nc(C)n2Cc1ccc(-c2ccccc2-c2nnn[nH]2)cc1. The summed E-state index contributed by atoms with van der Waals surface area (Å²) in [5.41, 5.74) is 8.06. The lowest BCUT2D eigenvalue weighted by molar-refractivity contribution is 0.780. The van der Waals surface area contributed by atoms with Gasteiger partial charge >= 0.3 is 0 Å². The van der Waals surface area contributed by atoms with Crippen molar-refractivity contribution in [2.75, 3.05) is 0 Å². The van der Waals surface area contributed by atoms with Crippen molar-refractivity contribution in [2.45, 2.75) is 27.3 Å².